The molecule has 330 valence electrons. The fourth-order valence-corrected chi connectivity index (χ4v) is 8.19. The predicted octanol–water partition coefficient (Wildman–Crippen LogP) is 2.05. The van der Waals surface area contributed by atoms with E-state index in [1.807, 2.05) is 0 Å². The molecule has 0 spiro atoms. The first-order valence-corrected chi connectivity index (χ1v) is 18.9. The van der Waals surface area contributed by atoms with Crippen LogP contribution in [0.5, 0.6) is 23.0 Å². The number of aromatic hydroxyl groups is 1. The normalized spacial score (nSPS) is 20.9. The SMILES string of the molecule is COc1cc(C(=O)OCOC(=O)N(CC(=O)Nc2cc(N(C)C)c3c(c2O)C(O)=C2C(=O)[C@]4(O)C(O)=C(C(N)=O)C(=O)[C@@H](N(C)C)[C@@H]4C[C@@H]2C3)C(C)(C)C)cc(OC)c1OC. The van der Waals surface area contributed by atoms with Crippen LogP contribution in [0, 0.1) is 11.8 Å². The molecular formula is C41H51N5O15. The zero-order chi connectivity index (χ0) is 45.6. The Labute approximate surface area is 351 Å². The highest BCUT2D eigenvalue weighted by molar-refractivity contribution is 6.24. The molecule has 1 saturated carbocycles. The molecule has 1 fully saturated rings. The van der Waals surface area contributed by atoms with Crippen molar-refractivity contribution in [1.29, 1.82) is 0 Å². The molecule has 2 aromatic rings. The standard InChI is InChI=1S/C41H51N5O15/c1-40(2,3)46(39(55)61-17-60-38(54)19-13-24(57-8)34(59-10)25(14-19)58-9)16-26(47)43-22-15-23(44(4)5)20-11-18-12-21-30(45(6)7)33(50)29(37(42)53)36(52)41(21,56)35(51)27(18)32(49)28(20)31(22)48/h13-15,18,21,30,48-49,52,56H,11-12,16-17H2,1-10H3,(H2,42,53)(H,43,47)/t18-,21-,30-,41-/m0/s1. The molecule has 0 radical (unpaired) electrons. The molecule has 61 heavy (non-hydrogen) atoms. The van der Waals surface area contributed by atoms with Gasteiger partial charge < -0.3 is 60.1 Å². The van der Waals surface area contributed by atoms with E-state index >= 15 is 0 Å². The van der Waals surface area contributed by atoms with Crippen LogP contribution in [0.15, 0.2) is 35.1 Å². The van der Waals surface area contributed by atoms with Gasteiger partial charge in [-0.15, -0.1) is 0 Å². The van der Waals surface area contributed by atoms with Gasteiger partial charge in [-0.25, -0.2) is 9.59 Å². The van der Waals surface area contributed by atoms with Crippen molar-refractivity contribution in [1.82, 2.24) is 9.80 Å². The number of hydrogen-bond acceptors (Lipinski definition) is 17. The van der Waals surface area contributed by atoms with Crippen LogP contribution in [0.1, 0.15) is 48.7 Å². The highest BCUT2D eigenvalue weighted by atomic mass is 16.7. The maximum atomic E-state index is 14.3. The first-order chi connectivity index (χ1) is 28.4. The summed E-state index contributed by atoms with van der Waals surface area (Å²) in [5, 5.41) is 49.2. The minimum absolute atomic E-state index is 0.000296. The molecule has 0 aromatic heterocycles. The minimum Gasteiger partial charge on any atom is -0.508 e. The number of primary amides is 1. The summed E-state index contributed by atoms with van der Waals surface area (Å²) in [6.07, 6.45) is -1.14. The highest BCUT2D eigenvalue weighted by Gasteiger charge is 2.64. The number of phenolic OH excluding ortho intramolecular Hbond substituents is 1. The van der Waals surface area contributed by atoms with Gasteiger partial charge in [-0.2, -0.15) is 0 Å². The third kappa shape index (κ3) is 7.95. The van der Waals surface area contributed by atoms with Gasteiger partial charge in [-0.3, -0.25) is 29.0 Å². The van der Waals surface area contributed by atoms with E-state index in [4.69, 9.17) is 29.4 Å². The summed E-state index contributed by atoms with van der Waals surface area (Å²) in [4.78, 5) is 84.0. The summed E-state index contributed by atoms with van der Waals surface area (Å²) >= 11 is 0. The van der Waals surface area contributed by atoms with Crippen molar-refractivity contribution >= 4 is 52.6 Å². The molecule has 20 nitrogen and oxygen atoms in total. The number of nitrogens with two attached hydrogens (primary N) is 1. The Hall–Kier alpha value is -6.54. The van der Waals surface area contributed by atoms with E-state index in [-0.39, 0.29) is 52.5 Å². The van der Waals surface area contributed by atoms with Crippen LogP contribution in [0.2, 0.25) is 0 Å². The van der Waals surface area contributed by atoms with Crippen LogP contribution in [-0.2, 0) is 35.1 Å². The summed E-state index contributed by atoms with van der Waals surface area (Å²) in [6.45, 7) is 3.37. The fourth-order valence-electron chi connectivity index (χ4n) is 8.19. The van der Waals surface area contributed by atoms with E-state index in [9.17, 15) is 49.2 Å². The lowest BCUT2D eigenvalue weighted by atomic mass is 9.57. The fraction of sp³-hybridized carbons (Fsp3) is 0.463. The number of nitrogens with zero attached hydrogens (tertiary/aromatic N) is 3. The van der Waals surface area contributed by atoms with Gasteiger partial charge in [-0.05, 0) is 77.4 Å². The number of ketones is 2. The number of benzene rings is 2. The average Bonchev–Trinajstić information content (AvgIpc) is 3.17. The van der Waals surface area contributed by atoms with Gasteiger partial charge in [0.1, 0.15) is 29.4 Å². The van der Waals surface area contributed by atoms with Crippen molar-refractivity contribution < 1.29 is 72.9 Å². The molecule has 0 unspecified atom stereocenters. The summed E-state index contributed by atoms with van der Waals surface area (Å²) in [7, 11) is 10.5. The van der Waals surface area contributed by atoms with Crippen molar-refractivity contribution in [3.05, 3.63) is 51.8 Å². The van der Waals surface area contributed by atoms with Crippen molar-refractivity contribution in [2.75, 3.05) is 73.1 Å². The molecular weight excluding hydrogens is 802 g/mol. The van der Waals surface area contributed by atoms with E-state index in [0.717, 1.165) is 4.90 Å². The molecule has 0 bridgehead atoms. The Bertz CT molecular complexity index is 2230. The van der Waals surface area contributed by atoms with Crippen LogP contribution < -0.4 is 30.2 Å². The van der Waals surface area contributed by atoms with Gasteiger partial charge in [0.15, 0.2) is 22.9 Å². The zero-order valence-corrected chi connectivity index (χ0v) is 35.5. The van der Waals surface area contributed by atoms with Crippen molar-refractivity contribution in [3.8, 4) is 23.0 Å². The van der Waals surface area contributed by atoms with E-state index in [2.05, 4.69) is 5.32 Å². The van der Waals surface area contributed by atoms with Gasteiger partial charge in [0.2, 0.25) is 24.2 Å². The maximum absolute atomic E-state index is 14.3. The molecule has 5 rings (SSSR count). The number of phenols is 1. The first-order valence-electron chi connectivity index (χ1n) is 18.9. The van der Waals surface area contributed by atoms with E-state index < -0.39 is 101 Å². The monoisotopic (exact) mass is 853 g/mol. The number of hydrogen-bond donors (Lipinski definition) is 6. The largest absolute Gasteiger partial charge is 0.508 e. The van der Waals surface area contributed by atoms with Crippen LogP contribution in [0.4, 0.5) is 16.2 Å². The average molecular weight is 854 g/mol. The molecule has 3 amide bonds. The van der Waals surface area contributed by atoms with Gasteiger partial charge in [-0.1, -0.05) is 0 Å². The Balaban J connectivity index is 1.42. The number of carbonyl (C=O) groups is 6. The lowest BCUT2D eigenvalue weighted by Crippen LogP contribution is -2.65. The van der Waals surface area contributed by atoms with E-state index in [1.54, 1.807) is 39.8 Å². The summed E-state index contributed by atoms with van der Waals surface area (Å²) in [5.74, 6) is -9.25. The number of aliphatic hydroxyl groups excluding tert-OH is 2. The molecule has 3 aliphatic rings. The van der Waals surface area contributed by atoms with Gasteiger partial charge in [0, 0.05) is 36.8 Å². The Kier molecular flexibility index (Phi) is 12.6. The molecule has 0 aliphatic heterocycles. The third-order valence-electron chi connectivity index (χ3n) is 11.1. The second-order valence-electron chi connectivity index (χ2n) is 16.2. The molecule has 7 N–H and O–H groups in total. The van der Waals surface area contributed by atoms with Gasteiger partial charge >= 0.3 is 12.1 Å². The summed E-state index contributed by atoms with van der Waals surface area (Å²) in [6, 6.07) is 2.89. The second kappa shape index (κ2) is 16.8. The van der Waals surface area contributed by atoms with Gasteiger partial charge in [0.05, 0.1) is 44.2 Å². The number of ether oxygens (including phenoxy) is 5. The van der Waals surface area contributed by atoms with Crippen LogP contribution >= 0.6 is 0 Å². The number of carbonyl (C=O) groups excluding carboxylic acids is 6. The number of anilines is 2. The van der Waals surface area contributed by atoms with E-state index in [1.165, 1.54) is 58.5 Å². The maximum Gasteiger partial charge on any atom is 0.413 e. The molecule has 20 heteroatoms. The quantitative estimate of drug-likeness (QED) is 0.0771. The number of fused-ring (bicyclic) bond motifs is 3. The predicted molar refractivity (Wildman–Crippen MR) is 217 cm³/mol. The minimum atomic E-state index is -2.84. The van der Waals surface area contributed by atoms with Crippen LogP contribution in [0.3, 0.4) is 0 Å². The number of rotatable bonds is 12. The molecule has 0 saturated heterocycles. The zero-order valence-electron chi connectivity index (χ0n) is 35.5. The number of likely N-dealkylation sites (N-methyl/N-ethyl adjacent to an activating group) is 1. The van der Waals surface area contributed by atoms with Crippen molar-refractivity contribution in [2.45, 2.75) is 50.8 Å². The van der Waals surface area contributed by atoms with E-state index in [0.29, 0.717) is 11.3 Å². The summed E-state index contributed by atoms with van der Waals surface area (Å²) in [5.41, 5.74) is 0.531. The molecule has 2 aromatic carbocycles. The molecule has 3 aliphatic carbocycles. The third-order valence-corrected chi connectivity index (χ3v) is 11.1. The number of esters is 1. The van der Waals surface area contributed by atoms with Crippen molar-refractivity contribution in [2.24, 2.45) is 17.6 Å². The summed E-state index contributed by atoms with van der Waals surface area (Å²) < 4.78 is 26.1. The van der Waals surface area contributed by atoms with Crippen molar-refractivity contribution in [3.63, 3.8) is 0 Å². The highest BCUT2D eigenvalue weighted by Crippen LogP contribution is 2.54. The number of nitrogens with one attached hydrogen (secondary N) is 1. The topological polar surface area (TPSA) is 277 Å². The first kappa shape index (κ1) is 45.5. The number of aliphatic hydroxyl groups is 3. The van der Waals surface area contributed by atoms with Crippen LogP contribution in [0.25, 0.3) is 5.76 Å². The Morgan fingerprint density at radius 2 is 1.54 bits per heavy atom. The number of amides is 3. The lowest BCUT2D eigenvalue weighted by Gasteiger charge is -2.50. The second-order valence-corrected chi connectivity index (χ2v) is 16.2. The number of methoxy groups -OCH3 is 3. The Morgan fingerprint density at radius 1 is 0.934 bits per heavy atom. The molecule has 0 heterocycles. The smallest absolute Gasteiger partial charge is 0.413 e. The molecule has 4 atom stereocenters. The van der Waals surface area contributed by atoms with Crippen LogP contribution in [-0.4, -0.2) is 146 Å². The van der Waals surface area contributed by atoms with Gasteiger partial charge in [0.25, 0.3) is 5.91 Å². The number of Topliss-reactive ketones (excluding diaryl/α,β-unsaturated/α-hetero) is 2. The Morgan fingerprint density at radius 3 is 2.05 bits per heavy atom. The lowest BCUT2D eigenvalue weighted by molar-refractivity contribution is -0.153.